The van der Waals surface area contributed by atoms with Gasteiger partial charge in [0.2, 0.25) is 0 Å². The molecule has 178 valence electrons. The smallest absolute Gasteiger partial charge is 0.484 e. The Bertz CT molecular complexity index is 856. The van der Waals surface area contributed by atoms with Crippen LogP contribution in [0.1, 0.15) is 56.7 Å². The third-order valence-electron chi connectivity index (χ3n) is 5.14. The number of rotatable bonds is 5. The number of ether oxygens (including phenoxy) is 3. The highest BCUT2D eigenvalue weighted by Crippen LogP contribution is 2.41. The van der Waals surface area contributed by atoms with E-state index in [1.165, 1.54) is 12.1 Å². The van der Waals surface area contributed by atoms with Gasteiger partial charge in [0, 0.05) is 6.54 Å². The third-order valence-corrected chi connectivity index (χ3v) is 5.14. The lowest BCUT2D eigenvalue weighted by atomic mass is 9.94. The Morgan fingerprint density at radius 3 is 2.34 bits per heavy atom. The van der Waals surface area contributed by atoms with Crippen LogP contribution < -0.4 is 4.74 Å². The molecule has 0 aliphatic carbocycles. The molecule has 0 bridgehead atoms. The average molecular weight is 457 g/mol. The standard InChI is InChI=1S/C21H24F3NO5.C2H6/c1-4-28-20(27)30-18-15-7-5-6-8-25(15)19(26)17(18)16-12(2)9-14(10-13(16)3)29-11-21(22,23)24;1-2/h9-10,15H,4-8,11H2,1-3H3;1-2H3. The number of alkyl halides is 3. The zero-order chi connectivity index (χ0) is 24.1. The maximum atomic E-state index is 13.2. The molecule has 9 heteroatoms. The van der Waals surface area contributed by atoms with Crippen molar-refractivity contribution in [1.29, 1.82) is 0 Å². The first-order valence-corrected chi connectivity index (χ1v) is 10.8. The quantitative estimate of drug-likeness (QED) is 0.543. The number of piperidine rings is 1. The Morgan fingerprint density at radius 1 is 1.16 bits per heavy atom. The van der Waals surface area contributed by atoms with E-state index in [0.29, 0.717) is 29.7 Å². The van der Waals surface area contributed by atoms with Gasteiger partial charge in [0.15, 0.2) is 6.61 Å². The second-order valence-corrected chi connectivity index (χ2v) is 7.37. The summed E-state index contributed by atoms with van der Waals surface area (Å²) in [6.45, 7) is 8.29. The predicted molar refractivity (Wildman–Crippen MR) is 113 cm³/mol. The van der Waals surface area contributed by atoms with E-state index < -0.39 is 18.9 Å². The fourth-order valence-electron chi connectivity index (χ4n) is 4.02. The summed E-state index contributed by atoms with van der Waals surface area (Å²) in [6, 6.07) is 2.55. The van der Waals surface area contributed by atoms with Gasteiger partial charge in [0.25, 0.3) is 5.91 Å². The van der Waals surface area contributed by atoms with Gasteiger partial charge >= 0.3 is 12.3 Å². The predicted octanol–water partition coefficient (Wildman–Crippen LogP) is 5.55. The van der Waals surface area contributed by atoms with Crippen molar-refractivity contribution in [3.8, 4) is 5.75 Å². The van der Waals surface area contributed by atoms with Crippen molar-refractivity contribution in [2.75, 3.05) is 19.8 Å². The van der Waals surface area contributed by atoms with Crippen LogP contribution in [0.4, 0.5) is 18.0 Å². The minimum absolute atomic E-state index is 0.0581. The molecule has 2 aliphatic rings. The van der Waals surface area contributed by atoms with E-state index in [-0.39, 0.29) is 35.6 Å². The molecule has 0 N–H and O–H groups in total. The fourth-order valence-corrected chi connectivity index (χ4v) is 4.02. The third kappa shape index (κ3) is 5.75. The Balaban J connectivity index is 0.00000176. The van der Waals surface area contributed by atoms with Crippen LogP contribution >= 0.6 is 0 Å². The number of carbonyl (C=O) groups excluding carboxylic acids is 2. The topological polar surface area (TPSA) is 65.1 Å². The molecule has 1 atom stereocenters. The van der Waals surface area contributed by atoms with Crippen molar-refractivity contribution in [2.45, 2.75) is 66.1 Å². The van der Waals surface area contributed by atoms with E-state index in [9.17, 15) is 22.8 Å². The van der Waals surface area contributed by atoms with Crippen LogP contribution in [0.5, 0.6) is 5.75 Å². The van der Waals surface area contributed by atoms with Crippen molar-refractivity contribution in [3.05, 3.63) is 34.6 Å². The Morgan fingerprint density at radius 2 is 1.78 bits per heavy atom. The highest BCUT2D eigenvalue weighted by atomic mass is 19.4. The molecule has 1 unspecified atom stereocenters. The summed E-state index contributed by atoms with van der Waals surface area (Å²) in [5.74, 6) is 0.0465. The molecule has 1 saturated heterocycles. The van der Waals surface area contributed by atoms with Gasteiger partial charge in [-0.3, -0.25) is 4.79 Å². The van der Waals surface area contributed by atoms with Gasteiger partial charge < -0.3 is 19.1 Å². The number of benzene rings is 1. The van der Waals surface area contributed by atoms with Crippen molar-refractivity contribution < 1.29 is 37.0 Å². The minimum Gasteiger partial charge on any atom is -0.484 e. The van der Waals surface area contributed by atoms with Gasteiger partial charge in [-0.25, -0.2) is 4.79 Å². The van der Waals surface area contributed by atoms with Crippen LogP contribution in [0.25, 0.3) is 5.57 Å². The molecule has 32 heavy (non-hydrogen) atoms. The number of nitrogens with zero attached hydrogens (tertiary/aromatic N) is 1. The molecule has 1 amide bonds. The number of halogens is 3. The van der Waals surface area contributed by atoms with Crippen LogP contribution in [0.3, 0.4) is 0 Å². The molecule has 0 spiro atoms. The van der Waals surface area contributed by atoms with Gasteiger partial charge in [-0.2, -0.15) is 13.2 Å². The molecule has 0 saturated carbocycles. The second kappa shape index (κ2) is 10.7. The lowest BCUT2D eigenvalue weighted by Gasteiger charge is -2.30. The van der Waals surface area contributed by atoms with Crippen molar-refractivity contribution in [3.63, 3.8) is 0 Å². The molecule has 3 rings (SSSR count). The van der Waals surface area contributed by atoms with E-state index in [4.69, 9.17) is 14.2 Å². The summed E-state index contributed by atoms with van der Waals surface area (Å²) in [7, 11) is 0. The maximum absolute atomic E-state index is 13.2. The Hall–Kier alpha value is -2.71. The first kappa shape index (κ1) is 25.5. The minimum atomic E-state index is -4.45. The Kier molecular flexibility index (Phi) is 8.58. The number of hydrogen-bond donors (Lipinski definition) is 0. The fraction of sp³-hybridized carbons (Fsp3) is 0.565. The SMILES string of the molecule is CC.CCOC(=O)OC1=C(c2c(C)cc(OCC(F)(F)F)cc2C)C(=O)N2CCCCC12. The van der Waals surface area contributed by atoms with Crippen molar-refractivity contribution >= 4 is 17.6 Å². The van der Waals surface area contributed by atoms with Gasteiger partial charge in [-0.05, 0) is 68.9 Å². The molecule has 1 fully saturated rings. The van der Waals surface area contributed by atoms with Gasteiger partial charge in [-0.1, -0.05) is 13.8 Å². The number of fused-ring (bicyclic) bond motifs is 1. The maximum Gasteiger partial charge on any atom is 0.513 e. The molecule has 2 aliphatic heterocycles. The molecule has 0 radical (unpaired) electrons. The summed E-state index contributed by atoms with van der Waals surface area (Å²) < 4.78 is 52.7. The van der Waals surface area contributed by atoms with Gasteiger partial charge in [-0.15, -0.1) is 0 Å². The summed E-state index contributed by atoms with van der Waals surface area (Å²) in [6.07, 6.45) is -2.93. The molecule has 1 aromatic carbocycles. The summed E-state index contributed by atoms with van der Waals surface area (Å²) in [5.41, 5.74) is 1.90. The zero-order valence-electron chi connectivity index (χ0n) is 19.1. The first-order valence-electron chi connectivity index (χ1n) is 10.8. The molecule has 0 aromatic heterocycles. The van der Waals surface area contributed by atoms with Crippen LogP contribution in [-0.2, 0) is 14.3 Å². The summed E-state index contributed by atoms with van der Waals surface area (Å²) in [4.78, 5) is 26.9. The number of hydrogen-bond acceptors (Lipinski definition) is 5. The zero-order valence-corrected chi connectivity index (χ0v) is 19.1. The average Bonchev–Trinajstić information content (AvgIpc) is 2.99. The van der Waals surface area contributed by atoms with E-state index in [0.717, 1.165) is 12.8 Å². The van der Waals surface area contributed by atoms with Crippen LogP contribution in [0, 0.1) is 13.8 Å². The summed E-state index contributed by atoms with van der Waals surface area (Å²) >= 11 is 0. The molecule has 2 heterocycles. The largest absolute Gasteiger partial charge is 0.513 e. The molecule has 1 aromatic rings. The highest BCUT2D eigenvalue weighted by Gasteiger charge is 2.44. The van der Waals surface area contributed by atoms with Crippen molar-refractivity contribution in [2.24, 2.45) is 0 Å². The number of amides is 1. The summed E-state index contributed by atoms with van der Waals surface area (Å²) in [5, 5.41) is 0. The van der Waals surface area contributed by atoms with E-state index in [1.54, 1.807) is 25.7 Å². The van der Waals surface area contributed by atoms with Gasteiger partial charge in [0.1, 0.15) is 11.5 Å². The monoisotopic (exact) mass is 457 g/mol. The number of aryl methyl sites for hydroxylation is 2. The Labute approximate surface area is 186 Å². The highest BCUT2D eigenvalue weighted by molar-refractivity contribution is 6.23. The van der Waals surface area contributed by atoms with E-state index >= 15 is 0 Å². The van der Waals surface area contributed by atoms with Crippen LogP contribution in [-0.4, -0.2) is 48.9 Å². The lowest BCUT2D eigenvalue weighted by molar-refractivity contribution is -0.153. The molecule has 6 nitrogen and oxygen atoms in total. The first-order chi connectivity index (χ1) is 15.1. The van der Waals surface area contributed by atoms with E-state index in [1.807, 2.05) is 13.8 Å². The van der Waals surface area contributed by atoms with Crippen LogP contribution in [0.15, 0.2) is 17.9 Å². The van der Waals surface area contributed by atoms with Crippen LogP contribution in [0.2, 0.25) is 0 Å². The van der Waals surface area contributed by atoms with Gasteiger partial charge in [0.05, 0.1) is 18.2 Å². The lowest BCUT2D eigenvalue weighted by Crippen LogP contribution is -2.40. The molecular weight excluding hydrogens is 427 g/mol. The second-order valence-electron chi connectivity index (χ2n) is 7.37. The van der Waals surface area contributed by atoms with Crippen molar-refractivity contribution in [1.82, 2.24) is 4.90 Å². The normalized spacial score (nSPS) is 18.1. The molecular formula is C23H30F3NO5. The number of carbonyl (C=O) groups is 2. The van der Waals surface area contributed by atoms with E-state index in [2.05, 4.69) is 0 Å².